The first-order valence-electron chi connectivity index (χ1n) is 4.52. The zero-order valence-corrected chi connectivity index (χ0v) is 10.5. The van der Waals surface area contributed by atoms with Crippen LogP contribution < -0.4 is 5.73 Å². The van der Waals surface area contributed by atoms with Gasteiger partial charge in [0.2, 0.25) is 0 Å². The highest BCUT2D eigenvalue weighted by Gasteiger charge is 2.39. The molecule has 0 aliphatic carbocycles. The van der Waals surface area contributed by atoms with Gasteiger partial charge in [0.15, 0.2) is 0 Å². The predicted molar refractivity (Wildman–Crippen MR) is 55.1 cm³/mol. The van der Waals surface area contributed by atoms with Gasteiger partial charge >= 0.3 is 6.18 Å². The Hall–Kier alpha value is -1.00. The lowest BCUT2D eigenvalue weighted by molar-refractivity contribution is -0.142. The predicted octanol–water partition coefficient (Wildman–Crippen LogP) is 2.42. The number of halogens is 6. The van der Waals surface area contributed by atoms with E-state index in [4.69, 9.17) is 16.4 Å². The van der Waals surface area contributed by atoms with Gasteiger partial charge < -0.3 is 5.73 Å². The average Bonchev–Trinajstić information content (AvgIpc) is 2.24. The fourth-order valence-electron chi connectivity index (χ4n) is 1.43. The van der Waals surface area contributed by atoms with Crippen LogP contribution in [0.1, 0.15) is 23.2 Å². The fraction of sp³-hybridized carbons (Fsp3) is 0.375. The van der Waals surface area contributed by atoms with E-state index in [1.165, 1.54) is 0 Å². The fourth-order valence-corrected chi connectivity index (χ4v) is 2.45. The number of rotatable bonds is 3. The molecular weight excluding hydrogens is 319 g/mol. The van der Waals surface area contributed by atoms with E-state index < -0.39 is 49.9 Å². The molecule has 2 N–H and O–H groups in total. The van der Waals surface area contributed by atoms with Crippen molar-refractivity contribution in [1.82, 2.24) is 4.98 Å². The topological polar surface area (TPSA) is 73.0 Å². The van der Waals surface area contributed by atoms with E-state index in [0.717, 1.165) is 0 Å². The quantitative estimate of drug-likeness (QED) is 0.684. The number of nitrogens with two attached hydrogens (primary N) is 1. The highest BCUT2D eigenvalue weighted by Crippen LogP contribution is 2.38. The molecule has 0 fully saturated rings. The molecule has 108 valence electrons. The van der Waals surface area contributed by atoms with Crippen LogP contribution in [-0.2, 0) is 21.8 Å². The van der Waals surface area contributed by atoms with Crippen molar-refractivity contribution in [2.24, 2.45) is 5.73 Å². The van der Waals surface area contributed by atoms with E-state index >= 15 is 0 Å². The second kappa shape index (κ2) is 5.17. The molecule has 0 saturated heterocycles. The van der Waals surface area contributed by atoms with Gasteiger partial charge in [-0.1, -0.05) is 0 Å². The summed E-state index contributed by atoms with van der Waals surface area (Å²) >= 11 is 0. The third-order valence-corrected chi connectivity index (χ3v) is 3.49. The van der Waals surface area contributed by atoms with Crippen molar-refractivity contribution in [2.45, 2.75) is 24.0 Å². The molecule has 0 aliphatic rings. The number of hydrogen-bond acceptors (Lipinski definition) is 4. The molecule has 19 heavy (non-hydrogen) atoms. The molecule has 0 unspecified atom stereocenters. The molecule has 11 heteroatoms. The second-order valence-corrected chi connectivity index (χ2v) is 5.84. The summed E-state index contributed by atoms with van der Waals surface area (Å²) in [5.41, 5.74) is 0.860. The third-order valence-electron chi connectivity index (χ3n) is 2.14. The van der Waals surface area contributed by atoms with Crippen molar-refractivity contribution in [3.05, 3.63) is 23.0 Å². The Labute approximate surface area is 108 Å². The normalized spacial score (nSPS) is 13.1. The lowest BCUT2D eigenvalue weighted by atomic mass is 10.1. The number of pyridine rings is 1. The minimum Gasteiger partial charge on any atom is -0.326 e. The smallest absolute Gasteiger partial charge is 0.326 e. The standard InChI is InChI=1S/C8H6ClF5N2O2S/c9-19(17,18)4-2-16-6(8(12,13)14)3(1-15)5(4)7(10)11/h2,7H,1,15H2. The van der Waals surface area contributed by atoms with Crippen molar-refractivity contribution in [3.63, 3.8) is 0 Å². The molecule has 0 bridgehead atoms. The van der Waals surface area contributed by atoms with Crippen LogP contribution in [0.25, 0.3) is 0 Å². The van der Waals surface area contributed by atoms with Crippen molar-refractivity contribution < 1.29 is 30.4 Å². The Morgan fingerprint density at radius 3 is 2.21 bits per heavy atom. The van der Waals surface area contributed by atoms with E-state index in [0.29, 0.717) is 0 Å². The van der Waals surface area contributed by atoms with Gasteiger partial charge in [-0.25, -0.2) is 17.2 Å². The minimum absolute atomic E-state index is 0.145. The Balaban J connectivity index is 3.77. The lowest BCUT2D eigenvalue weighted by Crippen LogP contribution is -2.19. The van der Waals surface area contributed by atoms with E-state index in [2.05, 4.69) is 4.98 Å². The van der Waals surface area contributed by atoms with Gasteiger partial charge in [-0.3, -0.25) is 4.98 Å². The summed E-state index contributed by atoms with van der Waals surface area (Å²) in [5.74, 6) is 0. The van der Waals surface area contributed by atoms with E-state index in [1.807, 2.05) is 0 Å². The number of alkyl halides is 5. The zero-order valence-electron chi connectivity index (χ0n) is 8.88. The van der Waals surface area contributed by atoms with Crippen LogP contribution in [-0.4, -0.2) is 13.4 Å². The van der Waals surface area contributed by atoms with Crippen molar-refractivity contribution in [1.29, 1.82) is 0 Å². The summed E-state index contributed by atoms with van der Waals surface area (Å²) in [7, 11) is 0.214. The molecule has 0 aromatic carbocycles. The average molecular weight is 325 g/mol. The molecular formula is C8H6ClF5N2O2S. The summed E-state index contributed by atoms with van der Waals surface area (Å²) in [6, 6.07) is 0. The first-order chi connectivity index (χ1) is 8.50. The van der Waals surface area contributed by atoms with Crippen molar-refractivity contribution in [3.8, 4) is 0 Å². The van der Waals surface area contributed by atoms with Crippen LogP contribution in [0, 0.1) is 0 Å². The van der Waals surface area contributed by atoms with Crippen LogP contribution in [0.3, 0.4) is 0 Å². The Morgan fingerprint density at radius 2 is 1.89 bits per heavy atom. The molecule has 1 rings (SSSR count). The maximum absolute atomic E-state index is 12.8. The van der Waals surface area contributed by atoms with E-state index in [-0.39, 0.29) is 6.20 Å². The third kappa shape index (κ3) is 3.31. The Kier molecular flexibility index (Phi) is 4.37. The van der Waals surface area contributed by atoms with E-state index in [9.17, 15) is 30.4 Å². The first kappa shape index (κ1) is 16.1. The van der Waals surface area contributed by atoms with Crippen LogP contribution in [0.4, 0.5) is 22.0 Å². The minimum atomic E-state index is -5.03. The maximum atomic E-state index is 12.8. The highest BCUT2D eigenvalue weighted by molar-refractivity contribution is 8.13. The van der Waals surface area contributed by atoms with Gasteiger partial charge in [-0.2, -0.15) is 13.2 Å². The summed E-state index contributed by atoms with van der Waals surface area (Å²) in [4.78, 5) is 1.65. The van der Waals surface area contributed by atoms with Crippen molar-refractivity contribution >= 4 is 19.7 Å². The Bertz CT molecular complexity index is 588. The van der Waals surface area contributed by atoms with Gasteiger partial charge in [0.25, 0.3) is 15.5 Å². The van der Waals surface area contributed by atoms with E-state index in [1.54, 1.807) is 0 Å². The molecule has 0 radical (unpaired) electrons. The monoisotopic (exact) mass is 324 g/mol. The lowest BCUT2D eigenvalue weighted by Gasteiger charge is -2.16. The zero-order chi connectivity index (χ0) is 15.0. The summed E-state index contributed by atoms with van der Waals surface area (Å²) in [6.45, 7) is -0.957. The highest BCUT2D eigenvalue weighted by atomic mass is 35.7. The van der Waals surface area contributed by atoms with Crippen LogP contribution in [0.2, 0.25) is 0 Å². The summed E-state index contributed by atoms with van der Waals surface area (Å²) in [5, 5.41) is 0. The van der Waals surface area contributed by atoms with Gasteiger partial charge in [-0.05, 0) is 0 Å². The maximum Gasteiger partial charge on any atom is 0.433 e. The first-order valence-corrected chi connectivity index (χ1v) is 6.83. The summed E-state index contributed by atoms with van der Waals surface area (Å²) in [6.07, 6.45) is -8.38. The molecule has 1 aromatic heterocycles. The molecule has 0 aliphatic heterocycles. The number of hydrogen-bond donors (Lipinski definition) is 1. The van der Waals surface area contributed by atoms with Gasteiger partial charge in [0, 0.05) is 34.6 Å². The van der Waals surface area contributed by atoms with Gasteiger partial charge in [0.1, 0.15) is 10.6 Å². The SMILES string of the molecule is NCc1c(C(F)(F)F)ncc(S(=O)(=O)Cl)c1C(F)F. The molecule has 0 spiro atoms. The molecule has 1 aromatic rings. The van der Waals surface area contributed by atoms with Gasteiger partial charge in [0.05, 0.1) is 0 Å². The van der Waals surface area contributed by atoms with Crippen LogP contribution in [0.5, 0.6) is 0 Å². The summed E-state index contributed by atoms with van der Waals surface area (Å²) < 4.78 is 85.4. The van der Waals surface area contributed by atoms with Crippen LogP contribution in [0.15, 0.2) is 11.1 Å². The second-order valence-electron chi connectivity index (χ2n) is 3.30. The molecule has 0 saturated carbocycles. The van der Waals surface area contributed by atoms with Crippen molar-refractivity contribution in [2.75, 3.05) is 0 Å². The molecule has 0 amide bonds. The number of aromatic nitrogens is 1. The Morgan fingerprint density at radius 1 is 1.37 bits per heavy atom. The number of nitrogens with zero attached hydrogens (tertiary/aromatic N) is 1. The molecule has 1 heterocycles. The van der Waals surface area contributed by atoms with Gasteiger partial charge in [-0.15, -0.1) is 0 Å². The molecule has 4 nitrogen and oxygen atoms in total. The molecule has 0 atom stereocenters. The largest absolute Gasteiger partial charge is 0.433 e. The van der Waals surface area contributed by atoms with Crippen LogP contribution >= 0.6 is 10.7 Å².